The summed E-state index contributed by atoms with van der Waals surface area (Å²) in [5.41, 5.74) is 10.1. The van der Waals surface area contributed by atoms with Crippen molar-refractivity contribution < 1.29 is 9.59 Å². The molecule has 36 heavy (non-hydrogen) atoms. The van der Waals surface area contributed by atoms with E-state index in [1.807, 2.05) is 26.0 Å². The van der Waals surface area contributed by atoms with Crippen LogP contribution in [0.25, 0.3) is 15.9 Å². The van der Waals surface area contributed by atoms with Gasteiger partial charge in [0, 0.05) is 16.1 Å². The molecule has 7 nitrogen and oxygen atoms in total. The predicted molar refractivity (Wildman–Crippen MR) is 146 cm³/mol. The highest BCUT2D eigenvalue weighted by Crippen LogP contribution is 2.35. The monoisotopic (exact) mass is 518 g/mol. The van der Waals surface area contributed by atoms with E-state index < -0.39 is 5.91 Å². The number of amides is 2. The average molecular weight is 519 g/mol. The molecular weight excluding hydrogens is 492 g/mol. The number of primary amides is 1. The number of rotatable bonds is 6. The number of anilines is 1. The lowest BCUT2D eigenvalue weighted by Crippen LogP contribution is -2.23. The zero-order valence-corrected chi connectivity index (χ0v) is 21.7. The second kappa shape index (κ2) is 9.91. The largest absolute Gasteiger partial charge is 0.366 e. The number of benzene rings is 2. The SMILES string of the molecule is Cc1cc(C)cc(-n2c(SCC(=O)Nc3ccc(C(N)=O)cc3)nc3sc4c(c3c2=O)CCCC4)c1. The van der Waals surface area contributed by atoms with Crippen molar-refractivity contribution in [1.82, 2.24) is 9.55 Å². The molecule has 2 heterocycles. The Kier molecular flexibility index (Phi) is 6.68. The van der Waals surface area contributed by atoms with Gasteiger partial charge in [0.25, 0.3) is 5.56 Å². The maximum Gasteiger partial charge on any atom is 0.267 e. The highest BCUT2D eigenvalue weighted by Gasteiger charge is 2.23. The summed E-state index contributed by atoms with van der Waals surface area (Å²) in [5.74, 6) is -0.686. The Labute approximate surface area is 216 Å². The second-order valence-electron chi connectivity index (χ2n) is 9.05. The first-order valence-corrected chi connectivity index (χ1v) is 13.6. The van der Waals surface area contributed by atoms with Gasteiger partial charge in [-0.2, -0.15) is 0 Å². The van der Waals surface area contributed by atoms with E-state index in [1.54, 1.807) is 40.2 Å². The van der Waals surface area contributed by atoms with Gasteiger partial charge in [-0.3, -0.25) is 19.0 Å². The molecule has 0 radical (unpaired) electrons. The number of thiophene rings is 1. The van der Waals surface area contributed by atoms with E-state index in [1.165, 1.54) is 16.6 Å². The van der Waals surface area contributed by atoms with Gasteiger partial charge in [-0.1, -0.05) is 17.8 Å². The number of fused-ring (bicyclic) bond motifs is 3. The van der Waals surface area contributed by atoms with Crippen LogP contribution in [0.5, 0.6) is 0 Å². The van der Waals surface area contributed by atoms with E-state index in [2.05, 4.69) is 11.4 Å². The summed E-state index contributed by atoms with van der Waals surface area (Å²) < 4.78 is 1.66. The molecule has 3 N–H and O–H groups in total. The van der Waals surface area contributed by atoms with E-state index in [0.29, 0.717) is 16.4 Å². The minimum absolute atomic E-state index is 0.0747. The molecule has 5 rings (SSSR count). The maximum absolute atomic E-state index is 13.9. The van der Waals surface area contributed by atoms with Gasteiger partial charge < -0.3 is 11.1 Å². The van der Waals surface area contributed by atoms with Crippen molar-refractivity contribution in [3.63, 3.8) is 0 Å². The molecule has 0 bridgehead atoms. The fourth-order valence-electron chi connectivity index (χ4n) is 4.64. The number of thioether (sulfide) groups is 1. The number of hydrogen-bond donors (Lipinski definition) is 2. The van der Waals surface area contributed by atoms with Gasteiger partial charge in [0.05, 0.1) is 16.8 Å². The van der Waals surface area contributed by atoms with E-state index >= 15 is 0 Å². The fraction of sp³-hybridized carbons (Fsp3) is 0.259. The normalized spacial score (nSPS) is 12.9. The molecule has 1 aliphatic rings. The molecule has 9 heteroatoms. The molecule has 2 aromatic heterocycles. The zero-order valence-electron chi connectivity index (χ0n) is 20.1. The number of nitrogens with two attached hydrogens (primary N) is 1. The summed E-state index contributed by atoms with van der Waals surface area (Å²) in [5, 5.41) is 4.04. The van der Waals surface area contributed by atoms with Crippen LogP contribution in [0.1, 0.15) is 44.8 Å². The van der Waals surface area contributed by atoms with Crippen molar-refractivity contribution in [2.75, 3.05) is 11.1 Å². The van der Waals surface area contributed by atoms with E-state index in [-0.39, 0.29) is 17.2 Å². The van der Waals surface area contributed by atoms with Gasteiger partial charge in [0.1, 0.15) is 4.83 Å². The van der Waals surface area contributed by atoms with E-state index in [4.69, 9.17) is 10.7 Å². The Hall–Kier alpha value is -3.43. The summed E-state index contributed by atoms with van der Waals surface area (Å²) in [4.78, 5) is 44.8. The molecule has 4 aromatic rings. The lowest BCUT2D eigenvalue weighted by atomic mass is 9.97. The van der Waals surface area contributed by atoms with Crippen LogP contribution in [0.15, 0.2) is 52.4 Å². The van der Waals surface area contributed by atoms with Gasteiger partial charge in [-0.05, 0) is 92.6 Å². The Morgan fingerprint density at radius 3 is 2.47 bits per heavy atom. The Bertz CT molecular complexity index is 1530. The number of hydrogen-bond acceptors (Lipinski definition) is 6. The summed E-state index contributed by atoms with van der Waals surface area (Å²) in [7, 11) is 0. The summed E-state index contributed by atoms with van der Waals surface area (Å²) >= 11 is 2.84. The smallest absolute Gasteiger partial charge is 0.267 e. The summed E-state index contributed by atoms with van der Waals surface area (Å²) in [6, 6.07) is 12.4. The first-order chi connectivity index (χ1) is 17.3. The zero-order chi connectivity index (χ0) is 25.4. The fourth-order valence-corrected chi connectivity index (χ4v) is 6.75. The molecule has 0 saturated carbocycles. The molecule has 1 aliphatic carbocycles. The van der Waals surface area contributed by atoms with Crippen molar-refractivity contribution in [2.45, 2.75) is 44.7 Å². The third-order valence-corrected chi connectivity index (χ3v) is 8.33. The minimum Gasteiger partial charge on any atom is -0.366 e. The first kappa shape index (κ1) is 24.3. The van der Waals surface area contributed by atoms with Gasteiger partial charge >= 0.3 is 0 Å². The average Bonchev–Trinajstić information content (AvgIpc) is 3.21. The standard InChI is InChI=1S/C27H26N4O3S2/c1-15-11-16(2)13-19(12-15)31-26(34)23-20-5-3-4-6-21(20)36-25(23)30-27(31)35-14-22(32)29-18-9-7-17(8-10-18)24(28)33/h7-13H,3-6,14H2,1-2H3,(H2,28,33)(H,29,32). The van der Waals surface area contributed by atoms with Crippen molar-refractivity contribution >= 4 is 50.8 Å². The first-order valence-electron chi connectivity index (χ1n) is 11.8. The predicted octanol–water partition coefficient (Wildman–Crippen LogP) is 4.77. The molecule has 184 valence electrons. The third-order valence-electron chi connectivity index (χ3n) is 6.21. The molecule has 0 atom stereocenters. The maximum atomic E-state index is 13.9. The van der Waals surface area contributed by atoms with Crippen LogP contribution in [0, 0.1) is 13.8 Å². The molecule has 0 spiro atoms. The lowest BCUT2D eigenvalue weighted by Gasteiger charge is -2.15. The highest BCUT2D eigenvalue weighted by atomic mass is 32.2. The number of aromatic nitrogens is 2. The van der Waals surface area contributed by atoms with Crippen LogP contribution in [0.4, 0.5) is 5.69 Å². The summed E-state index contributed by atoms with van der Waals surface area (Å²) in [6.07, 6.45) is 4.10. The Morgan fingerprint density at radius 1 is 1.08 bits per heavy atom. The Morgan fingerprint density at radius 2 is 1.78 bits per heavy atom. The topological polar surface area (TPSA) is 107 Å². The molecule has 0 fully saturated rings. The van der Waals surface area contributed by atoms with Crippen LogP contribution in [-0.2, 0) is 17.6 Å². The van der Waals surface area contributed by atoms with E-state index in [0.717, 1.165) is 58.3 Å². The van der Waals surface area contributed by atoms with Crippen LogP contribution >= 0.6 is 23.1 Å². The number of aryl methyl sites for hydroxylation is 4. The van der Waals surface area contributed by atoms with Crippen LogP contribution < -0.4 is 16.6 Å². The molecule has 0 unspecified atom stereocenters. The molecule has 0 saturated heterocycles. The Balaban J connectivity index is 1.50. The number of carbonyl (C=O) groups is 2. The third kappa shape index (κ3) is 4.81. The van der Waals surface area contributed by atoms with Crippen LogP contribution in [0.3, 0.4) is 0 Å². The van der Waals surface area contributed by atoms with Gasteiger partial charge in [-0.15, -0.1) is 11.3 Å². The van der Waals surface area contributed by atoms with E-state index in [9.17, 15) is 14.4 Å². The van der Waals surface area contributed by atoms with Crippen molar-refractivity contribution in [1.29, 1.82) is 0 Å². The number of nitrogens with one attached hydrogen (secondary N) is 1. The molecule has 2 aromatic carbocycles. The lowest BCUT2D eigenvalue weighted by molar-refractivity contribution is -0.113. The second-order valence-corrected chi connectivity index (χ2v) is 11.1. The van der Waals surface area contributed by atoms with Crippen molar-refractivity contribution in [3.05, 3.63) is 79.9 Å². The van der Waals surface area contributed by atoms with Gasteiger partial charge in [0.2, 0.25) is 11.8 Å². The van der Waals surface area contributed by atoms with Crippen molar-refractivity contribution in [2.24, 2.45) is 5.73 Å². The van der Waals surface area contributed by atoms with Crippen LogP contribution in [0.2, 0.25) is 0 Å². The van der Waals surface area contributed by atoms with Crippen LogP contribution in [-0.4, -0.2) is 27.1 Å². The molecular formula is C27H26N4O3S2. The highest BCUT2D eigenvalue weighted by molar-refractivity contribution is 7.99. The van der Waals surface area contributed by atoms with Crippen molar-refractivity contribution in [3.8, 4) is 5.69 Å². The number of nitrogens with zero attached hydrogens (tertiary/aromatic N) is 2. The van der Waals surface area contributed by atoms with Gasteiger partial charge in [-0.25, -0.2) is 4.98 Å². The quantitative estimate of drug-likeness (QED) is 0.282. The van der Waals surface area contributed by atoms with Gasteiger partial charge in [0.15, 0.2) is 5.16 Å². The minimum atomic E-state index is -0.524. The molecule has 2 amide bonds. The molecule has 0 aliphatic heterocycles. The summed E-state index contributed by atoms with van der Waals surface area (Å²) in [6.45, 7) is 4.01. The number of carbonyl (C=O) groups excluding carboxylic acids is 2.